The van der Waals surface area contributed by atoms with E-state index in [1.165, 1.54) is 0 Å². The van der Waals surface area contributed by atoms with Crippen LogP contribution in [-0.2, 0) is 0 Å². The summed E-state index contributed by atoms with van der Waals surface area (Å²) in [5.41, 5.74) is 3.81. The number of furan rings is 1. The number of aromatic nitrogens is 1. The molecule has 2 N–H and O–H groups in total. The molecule has 0 unspecified atom stereocenters. The number of benzene rings is 2. The first-order chi connectivity index (χ1) is 11.7. The van der Waals surface area contributed by atoms with Crippen molar-refractivity contribution in [1.82, 2.24) is 4.98 Å². The molecule has 0 saturated carbocycles. The fourth-order valence-corrected chi connectivity index (χ4v) is 2.93. The van der Waals surface area contributed by atoms with Gasteiger partial charge in [0.1, 0.15) is 0 Å². The second kappa shape index (κ2) is 6.02. The third-order valence-electron chi connectivity index (χ3n) is 3.76. The Balaban J connectivity index is 1.62. The van der Waals surface area contributed by atoms with Crippen LogP contribution in [-0.4, -0.2) is 10.9 Å². The number of rotatable bonds is 3. The molecule has 4 rings (SSSR count). The first kappa shape index (κ1) is 14.8. The van der Waals surface area contributed by atoms with Gasteiger partial charge in [-0.2, -0.15) is 0 Å². The van der Waals surface area contributed by atoms with E-state index in [0.717, 1.165) is 22.2 Å². The van der Waals surface area contributed by atoms with Crippen LogP contribution in [0.15, 0.2) is 75.8 Å². The Bertz CT molecular complexity index is 999. The van der Waals surface area contributed by atoms with Crippen molar-refractivity contribution in [3.05, 3.63) is 77.2 Å². The van der Waals surface area contributed by atoms with Gasteiger partial charge < -0.3 is 14.7 Å². The van der Waals surface area contributed by atoms with E-state index in [2.05, 4.69) is 38.4 Å². The zero-order chi connectivity index (χ0) is 16.5. The summed E-state index contributed by atoms with van der Waals surface area (Å²) >= 11 is 3.19. The molecule has 1 amide bonds. The molecule has 0 bridgehead atoms. The molecule has 0 atom stereocenters. The van der Waals surface area contributed by atoms with Crippen LogP contribution in [0.3, 0.4) is 0 Å². The number of aromatic amines is 1. The molecule has 2 heterocycles. The van der Waals surface area contributed by atoms with Gasteiger partial charge in [0.25, 0.3) is 5.91 Å². The number of nitrogens with one attached hydrogen (secondary N) is 2. The number of halogens is 1. The lowest BCUT2D eigenvalue weighted by Crippen LogP contribution is -2.10. The van der Waals surface area contributed by atoms with Gasteiger partial charge in [0.05, 0.1) is 0 Å². The van der Waals surface area contributed by atoms with Crippen LogP contribution in [0.25, 0.3) is 22.2 Å². The molecule has 4 aromatic rings. The number of carbonyl (C=O) groups excluding carboxylic acids is 1. The van der Waals surface area contributed by atoms with E-state index in [4.69, 9.17) is 4.42 Å². The molecular formula is C19H13BrN2O2. The molecule has 0 radical (unpaired) electrons. The summed E-state index contributed by atoms with van der Waals surface area (Å²) in [5, 5.41) is 4.00. The summed E-state index contributed by atoms with van der Waals surface area (Å²) in [6.45, 7) is 0. The topological polar surface area (TPSA) is 58.0 Å². The molecule has 5 heteroatoms. The predicted octanol–water partition coefficient (Wildman–Crippen LogP) is 5.44. The first-order valence-corrected chi connectivity index (χ1v) is 8.23. The van der Waals surface area contributed by atoms with Gasteiger partial charge in [-0.25, -0.2) is 0 Å². The Morgan fingerprint density at radius 1 is 1.00 bits per heavy atom. The van der Waals surface area contributed by atoms with Gasteiger partial charge in [-0.1, -0.05) is 30.3 Å². The van der Waals surface area contributed by atoms with E-state index >= 15 is 0 Å². The molecule has 0 aliphatic heterocycles. The lowest BCUT2D eigenvalue weighted by atomic mass is 10.1. The molecular weight excluding hydrogens is 368 g/mol. The van der Waals surface area contributed by atoms with Crippen molar-refractivity contribution in [1.29, 1.82) is 0 Å². The fraction of sp³-hybridized carbons (Fsp3) is 0. The predicted molar refractivity (Wildman–Crippen MR) is 98.1 cm³/mol. The first-order valence-electron chi connectivity index (χ1n) is 7.44. The molecule has 4 nitrogen and oxygen atoms in total. The number of anilines is 1. The van der Waals surface area contributed by atoms with Gasteiger partial charge in [-0.15, -0.1) is 0 Å². The summed E-state index contributed by atoms with van der Waals surface area (Å²) in [5.74, 6) is -0.0209. The summed E-state index contributed by atoms with van der Waals surface area (Å²) < 4.78 is 5.80. The van der Waals surface area contributed by atoms with Gasteiger partial charge in [-0.05, 0) is 52.3 Å². The number of amides is 1. The van der Waals surface area contributed by atoms with Crippen molar-refractivity contribution in [2.24, 2.45) is 0 Å². The van der Waals surface area contributed by atoms with Crippen LogP contribution in [0, 0.1) is 0 Å². The average molecular weight is 381 g/mol. The largest absolute Gasteiger partial charge is 0.444 e. The van der Waals surface area contributed by atoms with Crippen LogP contribution >= 0.6 is 15.9 Å². The SMILES string of the molecule is O=C(Nc1cccc(-c2cc3ccccc3[nH]2)c1)c1ccc(Br)o1. The highest BCUT2D eigenvalue weighted by atomic mass is 79.9. The third kappa shape index (κ3) is 2.86. The summed E-state index contributed by atoms with van der Waals surface area (Å²) in [7, 11) is 0. The monoisotopic (exact) mass is 380 g/mol. The maximum atomic E-state index is 12.2. The van der Waals surface area contributed by atoms with Gasteiger partial charge in [-0.3, -0.25) is 4.79 Å². The van der Waals surface area contributed by atoms with E-state index in [9.17, 15) is 4.79 Å². The van der Waals surface area contributed by atoms with Gasteiger partial charge in [0.2, 0.25) is 0 Å². The lowest BCUT2D eigenvalue weighted by Gasteiger charge is -2.05. The van der Waals surface area contributed by atoms with Gasteiger partial charge >= 0.3 is 0 Å². The van der Waals surface area contributed by atoms with Crippen molar-refractivity contribution < 1.29 is 9.21 Å². The normalized spacial score (nSPS) is 10.9. The lowest BCUT2D eigenvalue weighted by molar-refractivity contribution is 0.0995. The number of hydrogen-bond acceptors (Lipinski definition) is 2. The second-order valence-corrected chi connectivity index (χ2v) is 6.19. The highest BCUT2D eigenvalue weighted by Gasteiger charge is 2.11. The Labute approximate surface area is 146 Å². The molecule has 0 aliphatic rings. The molecule has 0 spiro atoms. The standard InChI is InChI=1S/C19H13BrN2O2/c20-18-9-8-17(24-18)19(23)21-14-6-3-5-12(10-14)16-11-13-4-1-2-7-15(13)22-16/h1-11,22H,(H,21,23). The molecule has 2 aromatic carbocycles. The van der Waals surface area contributed by atoms with Crippen molar-refractivity contribution >= 4 is 38.4 Å². The minimum atomic E-state index is -0.283. The zero-order valence-electron chi connectivity index (χ0n) is 12.5. The number of hydrogen-bond donors (Lipinski definition) is 2. The minimum absolute atomic E-state index is 0.262. The highest BCUT2D eigenvalue weighted by molar-refractivity contribution is 9.10. The van der Waals surface area contributed by atoms with Gasteiger partial charge in [0, 0.05) is 27.8 Å². The van der Waals surface area contributed by atoms with E-state index in [0.29, 0.717) is 10.4 Å². The van der Waals surface area contributed by atoms with Crippen molar-refractivity contribution in [2.45, 2.75) is 0 Å². The quantitative estimate of drug-likeness (QED) is 0.496. The van der Waals surface area contributed by atoms with Gasteiger partial charge in [0.15, 0.2) is 10.4 Å². The van der Waals surface area contributed by atoms with Crippen LogP contribution in [0.1, 0.15) is 10.6 Å². The van der Waals surface area contributed by atoms with Crippen molar-refractivity contribution in [3.63, 3.8) is 0 Å². The Hall–Kier alpha value is -2.79. The number of para-hydroxylation sites is 1. The summed E-state index contributed by atoms with van der Waals surface area (Å²) in [4.78, 5) is 15.6. The van der Waals surface area contributed by atoms with Crippen molar-refractivity contribution in [2.75, 3.05) is 5.32 Å². The maximum absolute atomic E-state index is 12.2. The summed E-state index contributed by atoms with van der Waals surface area (Å²) in [6.07, 6.45) is 0. The second-order valence-electron chi connectivity index (χ2n) is 5.41. The average Bonchev–Trinajstić information content (AvgIpc) is 3.21. The molecule has 24 heavy (non-hydrogen) atoms. The maximum Gasteiger partial charge on any atom is 0.291 e. The van der Waals surface area contributed by atoms with E-state index in [-0.39, 0.29) is 11.7 Å². The molecule has 118 valence electrons. The van der Waals surface area contributed by atoms with Crippen LogP contribution in [0.5, 0.6) is 0 Å². The Kier molecular flexibility index (Phi) is 3.70. The molecule has 0 saturated heterocycles. The Morgan fingerprint density at radius 2 is 1.88 bits per heavy atom. The fourth-order valence-electron chi connectivity index (χ4n) is 2.62. The van der Waals surface area contributed by atoms with Crippen LogP contribution in [0.2, 0.25) is 0 Å². The minimum Gasteiger partial charge on any atom is -0.444 e. The zero-order valence-corrected chi connectivity index (χ0v) is 14.1. The smallest absolute Gasteiger partial charge is 0.291 e. The third-order valence-corrected chi connectivity index (χ3v) is 4.18. The number of carbonyl (C=O) groups is 1. The van der Waals surface area contributed by atoms with Crippen molar-refractivity contribution in [3.8, 4) is 11.3 Å². The van der Waals surface area contributed by atoms with E-state index in [1.54, 1.807) is 12.1 Å². The van der Waals surface area contributed by atoms with Crippen LogP contribution < -0.4 is 5.32 Å². The molecule has 0 aliphatic carbocycles. The van der Waals surface area contributed by atoms with E-state index < -0.39 is 0 Å². The number of fused-ring (bicyclic) bond motifs is 1. The highest BCUT2D eigenvalue weighted by Crippen LogP contribution is 2.26. The van der Waals surface area contributed by atoms with Crippen LogP contribution in [0.4, 0.5) is 5.69 Å². The molecule has 0 fully saturated rings. The van der Waals surface area contributed by atoms with E-state index in [1.807, 2.05) is 42.5 Å². The summed E-state index contributed by atoms with van der Waals surface area (Å²) in [6, 6.07) is 21.2. The molecule has 2 aromatic heterocycles. The Morgan fingerprint density at radius 3 is 2.67 bits per heavy atom. The number of H-pyrrole nitrogens is 1.